The summed E-state index contributed by atoms with van der Waals surface area (Å²) in [5.74, 6) is -0.483. The van der Waals surface area contributed by atoms with Gasteiger partial charge in [-0.25, -0.2) is 4.98 Å². The number of benzene rings is 3. The first-order valence-electron chi connectivity index (χ1n) is 11.2. The number of amides is 2. The van der Waals surface area contributed by atoms with Gasteiger partial charge in [0.1, 0.15) is 0 Å². The highest BCUT2D eigenvalue weighted by atomic mass is 19.4. The molecule has 2 N–H and O–H groups in total. The van der Waals surface area contributed by atoms with Gasteiger partial charge in [-0.05, 0) is 48.0 Å². The summed E-state index contributed by atoms with van der Waals surface area (Å²) in [6.45, 7) is 1.39. The summed E-state index contributed by atoms with van der Waals surface area (Å²) < 4.78 is 46.0. The second-order valence-electron chi connectivity index (χ2n) is 7.88. The van der Waals surface area contributed by atoms with E-state index in [0.29, 0.717) is 23.2 Å². The molecule has 0 atom stereocenters. The summed E-state index contributed by atoms with van der Waals surface area (Å²) in [6.07, 6.45) is -4.22. The molecule has 0 saturated heterocycles. The summed E-state index contributed by atoms with van der Waals surface area (Å²) in [4.78, 5) is 29.1. The van der Waals surface area contributed by atoms with Crippen molar-refractivity contribution >= 4 is 17.5 Å². The minimum absolute atomic E-state index is 0.0660. The molecule has 3 aromatic carbocycles. The van der Waals surface area contributed by atoms with Crippen molar-refractivity contribution in [2.75, 3.05) is 5.32 Å². The maximum atomic E-state index is 13.3. The summed E-state index contributed by atoms with van der Waals surface area (Å²) >= 11 is 0. The van der Waals surface area contributed by atoms with Gasteiger partial charge in [-0.1, -0.05) is 43.3 Å². The smallest absolute Gasteiger partial charge is 0.416 e. The lowest BCUT2D eigenvalue weighted by Gasteiger charge is -2.13. The van der Waals surface area contributed by atoms with Crippen LogP contribution in [0.15, 0.2) is 83.3 Å². The fourth-order valence-corrected chi connectivity index (χ4v) is 3.54. The molecule has 36 heavy (non-hydrogen) atoms. The lowest BCUT2D eigenvalue weighted by Crippen LogP contribution is -2.25. The monoisotopic (exact) mass is 493 g/mol. The lowest BCUT2D eigenvalue weighted by molar-refractivity contribution is -0.138. The molecule has 0 aliphatic carbocycles. The number of alkyl halides is 3. The van der Waals surface area contributed by atoms with E-state index in [1.165, 1.54) is 18.2 Å². The van der Waals surface area contributed by atoms with E-state index in [1.54, 1.807) is 55.5 Å². The van der Waals surface area contributed by atoms with Gasteiger partial charge in [0.2, 0.25) is 11.8 Å². The second-order valence-corrected chi connectivity index (χ2v) is 7.88. The highest BCUT2D eigenvalue weighted by molar-refractivity contribution is 5.98. The zero-order valence-electron chi connectivity index (χ0n) is 19.2. The average Bonchev–Trinajstić information content (AvgIpc) is 3.33. The van der Waals surface area contributed by atoms with E-state index in [-0.39, 0.29) is 35.4 Å². The van der Waals surface area contributed by atoms with Crippen LogP contribution in [-0.4, -0.2) is 16.8 Å². The van der Waals surface area contributed by atoms with Gasteiger partial charge in [-0.15, -0.1) is 0 Å². The van der Waals surface area contributed by atoms with Crippen molar-refractivity contribution in [3.05, 3.63) is 95.7 Å². The molecule has 0 spiro atoms. The van der Waals surface area contributed by atoms with Crippen LogP contribution < -0.4 is 10.6 Å². The van der Waals surface area contributed by atoms with Crippen LogP contribution in [0.4, 0.5) is 18.9 Å². The molecule has 1 heterocycles. The Balaban J connectivity index is 1.65. The van der Waals surface area contributed by atoms with Crippen LogP contribution in [0.25, 0.3) is 22.8 Å². The number of hydrogen-bond donors (Lipinski definition) is 2. The first-order valence-corrected chi connectivity index (χ1v) is 11.2. The number of carbonyl (C=O) groups is 2. The molecule has 0 unspecified atom stereocenters. The van der Waals surface area contributed by atoms with Crippen molar-refractivity contribution < 1.29 is 27.2 Å². The molecule has 0 saturated carbocycles. The highest BCUT2D eigenvalue weighted by Gasteiger charge is 2.33. The van der Waals surface area contributed by atoms with Gasteiger partial charge in [0.25, 0.3) is 5.91 Å². The molecule has 0 fully saturated rings. The van der Waals surface area contributed by atoms with Gasteiger partial charge in [-0.3, -0.25) is 9.59 Å². The molecule has 4 aromatic rings. The first-order chi connectivity index (χ1) is 17.3. The van der Waals surface area contributed by atoms with Crippen molar-refractivity contribution in [3.8, 4) is 22.8 Å². The van der Waals surface area contributed by atoms with Crippen LogP contribution in [-0.2, 0) is 17.5 Å². The SMILES string of the molecule is CCC(=O)Nc1ccc(-c2oc(-c3ccccc3)nc2C(=O)NCc2ccccc2C(F)(F)F)cc1. The van der Waals surface area contributed by atoms with Crippen LogP contribution in [0.1, 0.15) is 35.0 Å². The number of nitrogens with one attached hydrogen (secondary N) is 2. The maximum absolute atomic E-state index is 13.3. The minimum Gasteiger partial charge on any atom is -0.435 e. The number of aromatic nitrogens is 1. The number of nitrogens with zero attached hydrogens (tertiary/aromatic N) is 1. The van der Waals surface area contributed by atoms with Crippen LogP contribution >= 0.6 is 0 Å². The highest BCUT2D eigenvalue weighted by Crippen LogP contribution is 2.33. The quantitative estimate of drug-likeness (QED) is 0.316. The Morgan fingerprint density at radius 3 is 2.22 bits per heavy atom. The fraction of sp³-hybridized carbons (Fsp3) is 0.148. The molecule has 184 valence electrons. The zero-order chi connectivity index (χ0) is 25.7. The maximum Gasteiger partial charge on any atom is 0.416 e. The molecule has 0 aliphatic rings. The summed E-state index contributed by atoms with van der Waals surface area (Å²) in [5.41, 5.74) is 0.766. The van der Waals surface area contributed by atoms with Gasteiger partial charge >= 0.3 is 6.18 Å². The predicted molar refractivity (Wildman–Crippen MR) is 129 cm³/mol. The Morgan fingerprint density at radius 1 is 0.889 bits per heavy atom. The molecule has 0 radical (unpaired) electrons. The molecule has 0 bridgehead atoms. The van der Waals surface area contributed by atoms with Crippen molar-refractivity contribution in [1.82, 2.24) is 10.3 Å². The molecule has 1 aromatic heterocycles. The van der Waals surface area contributed by atoms with Gasteiger partial charge < -0.3 is 15.1 Å². The number of oxazole rings is 1. The molecule has 9 heteroatoms. The first kappa shape index (κ1) is 24.7. The standard InChI is InChI=1S/C27H22F3N3O3/c1-2-22(34)32-20-14-12-17(13-15-20)24-23(33-26(36-24)18-8-4-3-5-9-18)25(35)31-16-19-10-6-7-11-21(19)27(28,29)30/h3-15H,2,16H2,1H3,(H,31,35)(H,32,34). The molecule has 4 rings (SSSR count). The predicted octanol–water partition coefficient (Wildman–Crippen LogP) is 6.31. The fourth-order valence-electron chi connectivity index (χ4n) is 3.54. The number of anilines is 1. The van der Waals surface area contributed by atoms with Crippen LogP contribution in [0, 0.1) is 0 Å². The Morgan fingerprint density at radius 2 is 1.56 bits per heavy atom. The van der Waals surface area contributed by atoms with E-state index in [4.69, 9.17) is 4.42 Å². The summed E-state index contributed by atoms with van der Waals surface area (Å²) in [5, 5.41) is 5.27. The van der Waals surface area contributed by atoms with Crippen molar-refractivity contribution in [1.29, 1.82) is 0 Å². The summed E-state index contributed by atoms with van der Waals surface area (Å²) in [6, 6.07) is 20.6. The van der Waals surface area contributed by atoms with Crippen molar-refractivity contribution in [3.63, 3.8) is 0 Å². The third-order valence-corrected chi connectivity index (χ3v) is 5.38. The van der Waals surface area contributed by atoms with E-state index >= 15 is 0 Å². The van der Waals surface area contributed by atoms with Crippen LogP contribution in [0.5, 0.6) is 0 Å². The van der Waals surface area contributed by atoms with Crippen LogP contribution in [0.2, 0.25) is 0 Å². The summed E-state index contributed by atoms with van der Waals surface area (Å²) in [7, 11) is 0. The van der Waals surface area contributed by atoms with E-state index in [1.807, 2.05) is 6.07 Å². The minimum atomic E-state index is -4.55. The van der Waals surface area contributed by atoms with Gasteiger partial charge in [0.05, 0.1) is 5.56 Å². The second kappa shape index (κ2) is 10.5. The van der Waals surface area contributed by atoms with Crippen molar-refractivity contribution in [2.45, 2.75) is 26.1 Å². The lowest BCUT2D eigenvalue weighted by atomic mass is 10.1. The van der Waals surface area contributed by atoms with Gasteiger partial charge in [0, 0.05) is 29.8 Å². The third kappa shape index (κ3) is 5.63. The van der Waals surface area contributed by atoms with E-state index < -0.39 is 17.6 Å². The van der Waals surface area contributed by atoms with Crippen LogP contribution in [0.3, 0.4) is 0 Å². The van der Waals surface area contributed by atoms with E-state index in [0.717, 1.165) is 6.07 Å². The number of hydrogen-bond acceptors (Lipinski definition) is 4. The Labute approximate surface area is 205 Å². The molecule has 0 aliphatic heterocycles. The largest absolute Gasteiger partial charge is 0.435 e. The van der Waals surface area contributed by atoms with E-state index in [2.05, 4.69) is 15.6 Å². The average molecular weight is 493 g/mol. The Kier molecular flexibility index (Phi) is 7.19. The van der Waals surface area contributed by atoms with E-state index in [9.17, 15) is 22.8 Å². The number of carbonyl (C=O) groups excluding carboxylic acids is 2. The number of halogens is 3. The zero-order valence-corrected chi connectivity index (χ0v) is 19.2. The number of rotatable bonds is 7. The Hall–Kier alpha value is -4.40. The molecular formula is C27H22F3N3O3. The molecule has 6 nitrogen and oxygen atoms in total. The van der Waals surface area contributed by atoms with Gasteiger partial charge in [0.15, 0.2) is 11.5 Å². The molecular weight excluding hydrogens is 471 g/mol. The third-order valence-electron chi connectivity index (χ3n) is 5.38. The normalized spacial score (nSPS) is 11.2. The topological polar surface area (TPSA) is 84.2 Å². The van der Waals surface area contributed by atoms with Gasteiger partial charge in [-0.2, -0.15) is 13.2 Å². The van der Waals surface area contributed by atoms with Crippen molar-refractivity contribution in [2.24, 2.45) is 0 Å². The Bertz CT molecular complexity index is 1360. The molecule has 2 amide bonds.